The van der Waals surface area contributed by atoms with E-state index in [1.54, 1.807) is 6.92 Å². The molecule has 0 aliphatic carbocycles. The molecule has 0 aromatic carbocycles. The molecule has 1 aromatic heterocycles. The van der Waals surface area contributed by atoms with E-state index in [2.05, 4.69) is 10.2 Å². The van der Waals surface area contributed by atoms with Crippen LogP contribution in [0, 0.1) is 0 Å². The summed E-state index contributed by atoms with van der Waals surface area (Å²) in [4.78, 5) is 21.9. The summed E-state index contributed by atoms with van der Waals surface area (Å²) in [5.41, 5.74) is -0.556. The number of nitrogens with zero attached hydrogens (tertiary/aromatic N) is 2. The monoisotopic (exact) mass is 295 g/mol. The van der Waals surface area contributed by atoms with Gasteiger partial charge in [0, 0.05) is 6.26 Å². The number of aliphatic carboxylic acids is 1. The van der Waals surface area contributed by atoms with E-state index in [4.69, 9.17) is 5.11 Å². The Labute approximate surface area is 107 Å². The highest BCUT2D eigenvalue weighted by molar-refractivity contribution is 7.99. The molecule has 1 aromatic rings. The Hall–Kier alpha value is -1.29. The minimum Gasteiger partial charge on any atom is -0.481 e. The first-order valence-corrected chi connectivity index (χ1v) is 7.94. The van der Waals surface area contributed by atoms with Gasteiger partial charge in [-0.3, -0.25) is 9.36 Å². The highest BCUT2D eigenvalue weighted by atomic mass is 32.2. The van der Waals surface area contributed by atoms with Crippen LogP contribution < -0.4 is 5.69 Å². The van der Waals surface area contributed by atoms with Crippen LogP contribution in [0.15, 0.2) is 9.95 Å². The van der Waals surface area contributed by atoms with Gasteiger partial charge in [0.1, 0.15) is 9.84 Å². The SMILES string of the molecule is CC(CS(C)(=O)=O)n1c(SCC(=O)O)n[nH]c1=O. The molecule has 8 nitrogen and oxygen atoms in total. The number of carbonyl (C=O) groups is 1. The van der Waals surface area contributed by atoms with Crippen molar-refractivity contribution in [3.63, 3.8) is 0 Å². The number of sulfone groups is 1. The minimum atomic E-state index is -3.24. The Morgan fingerprint density at radius 2 is 2.22 bits per heavy atom. The molecule has 0 saturated heterocycles. The fraction of sp³-hybridized carbons (Fsp3) is 0.625. The van der Waals surface area contributed by atoms with Crippen LogP contribution in [0.25, 0.3) is 0 Å². The summed E-state index contributed by atoms with van der Waals surface area (Å²) in [7, 11) is -3.24. The number of H-pyrrole nitrogens is 1. The van der Waals surface area contributed by atoms with Gasteiger partial charge in [0.05, 0.1) is 17.5 Å². The summed E-state index contributed by atoms with van der Waals surface area (Å²) in [6.45, 7) is 1.56. The zero-order valence-corrected chi connectivity index (χ0v) is 11.4. The molecule has 0 spiro atoms. The maximum atomic E-state index is 11.5. The molecule has 0 radical (unpaired) electrons. The molecular weight excluding hydrogens is 282 g/mol. The molecule has 1 atom stereocenters. The van der Waals surface area contributed by atoms with Gasteiger partial charge >= 0.3 is 11.7 Å². The normalized spacial score (nSPS) is 13.4. The van der Waals surface area contributed by atoms with Gasteiger partial charge in [-0.05, 0) is 6.92 Å². The highest BCUT2D eigenvalue weighted by Gasteiger charge is 2.19. The first kappa shape index (κ1) is 14.8. The number of thioether (sulfide) groups is 1. The molecular formula is C8H13N3O5S2. The van der Waals surface area contributed by atoms with Crippen molar-refractivity contribution in [3.05, 3.63) is 10.5 Å². The van der Waals surface area contributed by atoms with Gasteiger partial charge in [-0.1, -0.05) is 11.8 Å². The van der Waals surface area contributed by atoms with Crippen LogP contribution in [0.3, 0.4) is 0 Å². The zero-order valence-electron chi connectivity index (χ0n) is 9.78. The second-order valence-electron chi connectivity index (χ2n) is 3.81. The van der Waals surface area contributed by atoms with E-state index in [9.17, 15) is 18.0 Å². The van der Waals surface area contributed by atoms with Crippen molar-refractivity contribution in [3.8, 4) is 0 Å². The van der Waals surface area contributed by atoms with Crippen LogP contribution >= 0.6 is 11.8 Å². The van der Waals surface area contributed by atoms with Gasteiger partial charge in [0.25, 0.3) is 0 Å². The molecule has 0 fully saturated rings. The van der Waals surface area contributed by atoms with Crippen LogP contribution in [0.4, 0.5) is 0 Å². The average molecular weight is 295 g/mol. The number of aromatic nitrogens is 3. The Bertz CT molecular complexity index is 588. The summed E-state index contributed by atoms with van der Waals surface area (Å²) in [6, 6.07) is -0.609. The molecule has 0 saturated carbocycles. The Morgan fingerprint density at radius 3 is 2.72 bits per heavy atom. The van der Waals surface area contributed by atoms with Gasteiger partial charge < -0.3 is 5.11 Å². The van der Waals surface area contributed by atoms with Crippen molar-refractivity contribution >= 4 is 27.6 Å². The van der Waals surface area contributed by atoms with Crippen molar-refractivity contribution < 1.29 is 18.3 Å². The molecule has 10 heteroatoms. The Kier molecular flexibility index (Phi) is 4.57. The summed E-state index contributed by atoms with van der Waals surface area (Å²) in [5.74, 6) is -1.51. The third kappa shape index (κ3) is 4.18. The van der Waals surface area contributed by atoms with E-state index < -0.39 is 27.5 Å². The number of hydrogen-bond donors (Lipinski definition) is 2. The average Bonchev–Trinajstić information content (AvgIpc) is 2.53. The first-order valence-electron chi connectivity index (χ1n) is 4.90. The fourth-order valence-corrected chi connectivity index (χ4v) is 3.21. The van der Waals surface area contributed by atoms with Gasteiger partial charge in [-0.2, -0.15) is 0 Å². The van der Waals surface area contributed by atoms with Crippen LogP contribution in [0.5, 0.6) is 0 Å². The zero-order chi connectivity index (χ0) is 13.9. The molecule has 1 heterocycles. The molecule has 18 heavy (non-hydrogen) atoms. The lowest BCUT2D eigenvalue weighted by Crippen LogP contribution is -2.26. The molecule has 0 amide bonds. The number of rotatable bonds is 6. The molecule has 0 aliphatic heterocycles. The number of hydrogen-bond acceptors (Lipinski definition) is 6. The van der Waals surface area contributed by atoms with Crippen molar-refractivity contribution in [2.75, 3.05) is 17.8 Å². The first-order chi connectivity index (χ1) is 8.20. The second kappa shape index (κ2) is 5.57. The minimum absolute atomic E-state index is 0.165. The smallest absolute Gasteiger partial charge is 0.344 e. The van der Waals surface area contributed by atoms with Gasteiger partial charge in [-0.15, -0.1) is 5.10 Å². The van der Waals surface area contributed by atoms with Crippen LogP contribution in [-0.2, 0) is 14.6 Å². The topological polar surface area (TPSA) is 122 Å². The molecule has 2 N–H and O–H groups in total. The molecule has 1 unspecified atom stereocenters. The van der Waals surface area contributed by atoms with E-state index in [-0.39, 0.29) is 16.7 Å². The van der Waals surface area contributed by atoms with Crippen molar-refractivity contribution in [1.82, 2.24) is 14.8 Å². The third-order valence-electron chi connectivity index (χ3n) is 1.98. The van der Waals surface area contributed by atoms with E-state index >= 15 is 0 Å². The third-order valence-corrected chi connectivity index (χ3v) is 4.01. The van der Waals surface area contributed by atoms with Crippen molar-refractivity contribution in [2.24, 2.45) is 0 Å². The second-order valence-corrected chi connectivity index (χ2v) is 6.93. The predicted octanol–water partition coefficient (Wildman–Crippen LogP) is -0.646. The molecule has 0 aliphatic rings. The maximum absolute atomic E-state index is 11.5. The summed E-state index contributed by atoms with van der Waals surface area (Å²) in [5, 5.41) is 14.6. The Balaban J connectivity index is 2.97. The van der Waals surface area contributed by atoms with Gasteiger partial charge in [0.15, 0.2) is 5.16 Å². The summed E-state index contributed by atoms with van der Waals surface area (Å²) >= 11 is 0.857. The standard InChI is InChI=1S/C8H13N3O5S2/c1-5(4-18(2,15)16)11-7(14)9-10-8(11)17-3-6(12)13/h5H,3-4H2,1-2H3,(H,9,14)(H,12,13). The summed E-state index contributed by atoms with van der Waals surface area (Å²) in [6.07, 6.45) is 1.07. The highest BCUT2D eigenvalue weighted by Crippen LogP contribution is 2.17. The number of nitrogens with one attached hydrogen (secondary N) is 1. The van der Waals surface area contributed by atoms with Crippen molar-refractivity contribution in [2.45, 2.75) is 18.1 Å². The van der Waals surface area contributed by atoms with Crippen molar-refractivity contribution in [1.29, 1.82) is 0 Å². The van der Waals surface area contributed by atoms with Crippen LogP contribution in [0.2, 0.25) is 0 Å². The van der Waals surface area contributed by atoms with E-state index in [0.717, 1.165) is 22.6 Å². The van der Waals surface area contributed by atoms with Gasteiger partial charge in [-0.25, -0.2) is 18.3 Å². The Morgan fingerprint density at radius 1 is 1.61 bits per heavy atom. The largest absolute Gasteiger partial charge is 0.481 e. The number of carboxylic acid groups (broad SMARTS) is 1. The summed E-state index contributed by atoms with van der Waals surface area (Å²) < 4.78 is 23.5. The number of carboxylic acids is 1. The molecule has 102 valence electrons. The molecule has 0 bridgehead atoms. The van der Waals surface area contributed by atoms with Gasteiger partial charge in [0.2, 0.25) is 0 Å². The van der Waals surface area contributed by atoms with E-state index in [0.29, 0.717) is 0 Å². The van der Waals surface area contributed by atoms with E-state index in [1.807, 2.05) is 0 Å². The van der Waals surface area contributed by atoms with E-state index in [1.165, 1.54) is 0 Å². The maximum Gasteiger partial charge on any atom is 0.344 e. The quantitative estimate of drug-likeness (QED) is 0.669. The van der Waals surface area contributed by atoms with Crippen LogP contribution in [0.1, 0.15) is 13.0 Å². The van der Waals surface area contributed by atoms with Crippen LogP contribution in [-0.4, -0.2) is 52.0 Å². The lowest BCUT2D eigenvalue weighted by Gasteiger charge is -2.12. The lowest BCUT2D eigenvalue weighted by atomic mass is 10.4. The lowest BCUT2D eigenvalue weighted by molar-refractivity contribution is -0.133. The molecule has 1 rings (SSSR count). The number of aromatic amines is 1. The fourth-order valence-electron chi connectivity index (χ4n) is 1.42. The predicted molar refractivity (Wildman–Crippen MR) is 65.6 cm³/mol.